The van der Waals surface area contributed by atoms with Crippen molar-refractivity contribution < 1.29 is 9.53 Å². The van der Waals surface area contributed by atoms with Crippen LogP contribution in [-0.2, 0) is 16.1 Å². The van der Waals surface area contributed by atoms with Crippen molar-refractivity contribution >= 4 is 17.0 Å². The van der Waals surface area contributed by atoms with Gasteiger partial charge in [0, 0.05) is 6.04 Å². The van der Waals surface area contributed by atoms with Crippen LogP contribution in [0.2, 0.25) is 0 Å². The summed E-state index contributed by atoms with van der Waals surface area (Å²) in [5, 5.41) is 3.26. The summed E-state index contributed by atoms with van der Waals surface area (Å²) in [5.41, 5.74) is 2.20. The molecule has 0 aliphatic heterocycles. The van der Waals surface area contributed by atoms with Crippen molar-refractivity contribution in [3.05, 3.63) is 30.1 Å². The summed E-state index contributed by atoms with van der Waals surface area (Å²) < 4.78 is 7.12. The number of hydrogen-bond donors (Lipinski definition) is 1. The van der Waals surface area contributed by atoms with E-state index in [0.29, 0.717) is 19.0 Å². The third-order valence-electron chi connectivity index (χ3n) is 3.98. The molecule has 1 aromatic carbocycles. The molecule has 0 amide bonds. The van der Waals surface area contributed by atoms with Crippen molar-refractivity contribution in [3.63, 3.8) is 0 Å². The lowest BCUT2D eigenvalue weighted by Gasteiger charge is -2.15. The number of benzene rings is 1. The summed E-state index contributed by atoms with van der Waals surface area (Å²) in [6.45, 7) is 2.55. The van der Waals surface area contributed by atoms with E-state index in [0.717, 1.165) is 11.3 Å². The number of esters is 1. The molecule has 1 fully saturated rings. The highest BCUT2D eigenvalue weighted by Crippen LogP contribution is 2.38. The quantitative estimate of drug-likeness (QED) is 0.829. The van der Waals surface area contributed by atoms with Crippen molar-refractivity contribution in [2.45, 2.75) is 44.8 Å². The van der Waals surface area contributed by atoms with Gasteiger partial charge in [-0.1, -0.05) is 19.1 Å². The molecule has 0 radical (unpaired) electrons. The molecule has 112 valence electrons. The van der Waals surface area contributed by atoms with Gasteiger partial charge in [-0.2, -0.15) is 0 Å². The van der Waals surface area contributed by atoms with E-state index in [1.54, 1.807) is 0 Å². The number of rotatable bonds is 6. The van der Waals surface area contributed by atoms with Crippen LogP contribution in [0.5, 0.6) is 0 Å². The Labute approximate surface area is 124 Å². The number of nitrogens with zero attached hydrogens (tertiary/aromatic N) is 2. The molecule has 5 nitrogen and oxygen atoms in total. The third-order valence-corrected chi connectivity index (χ3v) is 3.98. The van der Waals surface area contributed by atoms with Gasteiger partial charge in [0.25, 0.3) is 0 Å². The van der Waals surface area contributed by atoms with Gasteiger partial charge < -0.3 is 9.30 Å². The summed E-state index contributed by atoms with van der Waals surface area (Å²) in [4.78, 5) is 16.4. The molecule has 21 heavy (non-hydrogen) atoms. The Morgan fingerprint density at radius 3 is 2.90 bits per heavy atom. The first-order chi connectivity index (χ1) is 10.2. The molecule has 5 heteroatoms. The van der Waals surface area contributed by atoms with Crippen LogP contribution in [-0.4, -0.2) is 28.7 Å². The van der Waals surface area contributed by atoms with Crippen molar-refractivity contribution in [2.24, 2.45) is 0 Å². The number of nitrogens with one attached hydrogen (secondary N) is 1. The Hall–Kier alpha value is -1.88. The molecule has 3 rings (SSSR count). The van der Waals surface area contributed by atoms with Gasteiger partial charge >= 0.3 is 5.97 Å². The second-order valence-corrected chi connectivity index (χ2v) is 5.48. The van der Waals surface area contributed by atoms with E-state index < -0.39 is 0 Å². The summed E-state index contributed by atoms with van der Waals surface area (Å²) in [5.74, 6) is 0.785. The van der Waals surface area contributed by atoms with Gasteiger partial charge in [-0.3, -0.25) is 10.1 Å². The fourth-order valence-electron chi connectivity index (χ4n) is 2.71. The number of aromatic nitrogens is 2. The van der Waals surface area contributed by atoms with E-state index in [-0.39, 0.29) is 12.0 Å². The van der Waals surface area contributed by atoms with Crippen LogP contribution in [0, 0.1) is 0 Å². The first-order valence-electron chi connectivity index (χ1n) is 7.51. The molecule has 1 heterocycles. The first kappa shape index (κ1) is 14.1. The second-order valence-electron chi connectivity index (χ2n) is 5.48. The zero-order chi connectivity index (χ0) is 14.8. The monoisotopic (exact) mass is 287 g/mol. The summed E-state index contributed by atoms with van der Waals surface area (Å²) in [6, 6.07) is 8.49. The molecule has 0 unspecified atom stereocenters. The van der Waals surface area contributed by atoms with Crippen LogP contribution in [0.4, 0.5) is 0 Å². The molecule has 1 atom stereocenters. The minimum atomic E-state index is -0.275. The number of carbonyl (C=O) groups excluding carboxylic acids is 1. The smallest absolute Gasteiger partial charge is 0.322 e. The number of imidazole rings is 1. The summed E-state index contributed by atoms with van der Waals surface area (Å²) in [7, 11) is 1.42. The normalized spacial score (nSPS) is 16.1. The summed E-state index contributed by atoms with van der Waals surface area (Å²) >= 11 is 0. The predicted molar refractivity (Wildman–Crippen MR) is 80.9 cm³/mol. The maximum Gasteiger partial charge on any atom is 0.322 e. The van der Waals surface area contributed by atoms with E-state index in [9.17, 15) is 4.79 Å². The molecule has 1 saturated carbocycles. The number of ether oxygens (including phenoxy) is 1. The third kappa shape index (κ3) is 2.78. The van der Waals surface area contributed by atoms with Crippen LogP contribution >= 0.6 is 0 Å². The molecular weight excluding hydrogens is 266 g/mol. The predicted octanol–water partition coefficient (Wildman–Crippen LogP) is 2.41. The molecular formula is C16H21N3O2. The Kier molecular flexibility index (Phi) is 3.92. The highest BCUT2D eigenvalue weighted by molar-refractivity contribution is 5.77. The molecule has 0 bridgehead atoms. The lowest BCUT2D eigenvalue weighted by molar-refractivity contribution is -0.143. The van der Waals surface area contributed by atoms with E-state index >= 15 is 0 Å². The number of methoxy groups -OCH3 is 1. The van der Waals surface area contributed by atoms with Gasteiger partial charge in [0.1, 0.15) is 11.9 Å². The standard InChI is InChI=1S/C16H21N3O2/c1-3-12(16(20)21-2)17-10-15-18-13-6-4-5-7-14(13)19(15)11-8-9-11/h4-7,11-12,17H,3,8-10H2,1-2H3/t12-/m1/s1. The molecule has 1 N–H and O–H groups in total. The van der Waals surface area contributed by atoms with Gasteiger partial charge in [-0.05, 0) is 31.4 Å². The SMILES string of the molecule is CC[C@@H](NCc1nc2ccccc2n1C1CC1)C(=O)OC. The van der Waals surface area contributed by atoms with Crippen molar-refractivity contribution in [3.8, 4) is 0 Å². The number of para-hydroxylation sites is 2. The fraction of sp³-hybridized carbons (Fsp3) is 0.500. The molecule has 1 aromatic heterocycles. The van der Waals surface area contributed by atoms with Gasteiger partial charge in [-0.15, -0.1) is 0 Å². The molecule has 2 aromatic rings. The van der Waals surface area contributed by atoms with Crippen LogP contribution in [0.15, 0.2) is 24.3 Å². The topological polar surface area (TPSA) is 56.2 Å². The maximum absolute atomic E-state index is 11.7. The Balaban J connectivity index is 1.83. The van der Waals surface area contributed by atoms with Crippen LogP contribution in [0.25, 0.3) is 11.0 Å². The lowest BCUT2D eigenvalue weighted by Crippen LogP contribution is -2.37. The lowest BCUT2D eigenvalue weighted by atomic mass is 10.2. The Morgan fingerprint density at radius 2 is 2.24 bits per heavy atom. The molecule has 0 spiro atoms. The van der Waals surface area contributed by atoms with Gasteiger partial charge in [-0.25, -0.2) is 4.98 Å². The highest BCUT2D eigenvalue weighted by Gasteiger charge is 2.28. The second kappa shape index (κ2) is 5.85. The van der Waals surface area contributed by atoms with Gasteiger partial charge in [0.2, 0.25) is 0 Å². The fourth-order valence-corrected chi connectivity index (χ4v) is 2.71. The van der Waals surface area contributed by atoms with Gasteiger partial charge in [0.15, 0.2) is 0 Å². The molecule has 1 aliphatic carbocycles. The maximum atomic E-state index is 11.7. The van der Waals surface area contributed by atoms with E-state index in [1.807, 2.05) is 25.1 Å². The zero-order valence-corrected chi connectivity index (χ0v) is 12.5. The average molecular weight is 287 g/mol. The van der Waals surface area contributed by atoms with Crippen molar-refractivity contribution in [1.29, 1.82) is 0 Å². The minimum Gasteiger partial charge on any atom is -0.468 e. The van der Waals surface area contributed by atoms with Crippen LogP contribution in [0.3, 0.4) is 0 Å². The van der Waals surface area contributed by atoms with E-state index in [4.69, 9.17) is 9.72 Å². The largest absolute Gasteiger partial charge is 0.468 e. The number of fused-ring (bicyclic) bond motifs is 1. The van der Waals surface area contributed by atoms with Gasteiger partial charge in [0.05, 0.1) is 24.7 Å². The van der Waals surface area contributed by atoms with Crippen LogP contribution in [0.1, 0.15) is 38.1 Å². The average Bonchev–Trinajstić information content (AvgIpc) is 3.28. The zero-order valence-electron chi connectivity index (χ0n) is 12.5. The van der Waals surface area contributed by atoms with Crippen molar-refractivity contribution in [1.82, 2.24) is 14.9 Å². The first-order valence-corrected chi connectivity index (χ1v) is 7.51. The molecule has 0 saturated heterocycles. The Morgan fingerprint density at radius 1 is 1.48 bits per heavy atom. The summed E-state index contributed by atoms with van der Waals surface area (Å²) in [6.07, 6.45) is 3.12. The highest BCUT2D eigenvalue weighted by atomic mass is 16.5. The van der Waals surface area contributed by atoms with E-state index in [2.05, 4.69) is 16.0 Å². The number of carbonyl (C=O) groups is 1. The minimum absolute atomic E-state index is 0.216. The Bertz CT molecular complexity index is 646. The van der Waals surface area contributed by atoms with Crippen molar-refractivity contribution in [2.75, 3.05) is 7.11 Å². The number of hydrogen-bond acceptors (Lipinski definition) is 4. The van der Waals surface area contributed by atoms with Crippen LogP contribution < -0.4 is 5.32 Å². The van der Waals surface area contributed by atoms with E-state index in [1.165, 1.54) is 25.5 Å². The molecule has 1 aliphatic rings.